The standard InChI is InChI=1S/C11H20N4O/c1-4-9-10(12)14-7-15-11(9)13-6-8(3)16-5-2/h7-8H,4-6H2,1-3H3,(H3,12,13,14,15). The van der Waals surface area contributed by atoms with E-state index < -0.39 is 0 Å². The molecule has 5 nitrogen and oxygen atoms in total. The maximum atomic E-state index is 5.77. The predicted octanol–water partition coefficient (Wildman–Crippen LogP) is 1.46. The number of anilines is 2. The molecule has 0 saturated heterocycles. The molecule has 0 saturated carbocycles. The van der Waals surface area contributed by atoms with E-state index in [-0.39, 0.29) is 6.10 Å². The molecule has 1 unspecified atom stereocenters. The SMILES string of the molecule is CCOC(C)CNc1ncnc(N)c1CC. The monoisotopic (exact) mass is 224 g/mol. The smallest absolute Gasteiger partial charge is 0.134 e. The van der Waals surface area contributed by atoms with Crippen LogP contribution < -0.4 is 11.1 Å². The summed E-state index contributed by atoms with van der Waals surface area (Å²) in [4.78, 5) is 8.15. The molecule has 1 heterocycles. The second-order valence-corrected chi connectivity index (χ2v) is 3.59. The van der Waals surface area contributed by atoms with Gasteiger partial charge in [0.25, 0.3) is 0 Å². The van der Waals surface area contributed by atoms with Crippen LogP contribution in [0.15, 0.2) is 6.33 Å². The van der Waals surface area contributed by atoms with Gasteiger partial charge in [-0.15, -0.1) is 0 Å². The van der Waals surface area contributed by atoms with Gasteiger partial charge in [0, 0.05) is 18.7 Å². The van der Waals surface area contributed by atoms with Gasteiger partial charge in [-0.1, -0.05) is 6.92 Å². The highest BCUT2D eigenvalue weighted by Crippen LogP contribution is 2.17. The van der Waals surface area contributed by atoms with E-state index in [2.05, 4.69) is 15.3 Å². The number of nitrogens with zero attached hydrogens (tertiary/aromatic N) is 2. The molecule has 90 valence electrons. The Kier molecular flexibility index (Phi) is 4.98. The van der Waals surface area contributed by atoms with Crippen LogP contribution in [0, 0.1) is 0 Å². The summed E-state index contributed by atoms with van der Waals surface area (Å²) in [5.74, 6) is 1.35. The van der Waals surface area contributed by atoms with Crippen molar-refractivity contribution in [2.45, 2.75) is 33.3 Å². The van der Waals surface area contributed by atoms with E-state index in [1.807, 2.05) is 20.8 Å². The fourth-order valence-corrected chi connectivity index (χ4v) is 1.51. The Hall–Kier alpha value is -1.36. The molecule has 0 aliphatic heterocycles. The van der Waals surface area contributed by atoms with Crippen LogP contribution in [0.2, 0.25) is 0 Å². The zero-order valence-electron chi connectivity index (χ0n) is 10.2. The molecule has 3 N–H and O–H groups in total. The van der Waals surface area contributed by atoms with Crippen molar-refractivity contribution in [3.8, 4) is 0 Å². The minimum atomic E-state index is 0.158. The first-order valence-electron chi connectivity index (χ1n) is 5.63. The zero-order valence-corrected chi connectivity index (χ0v) is 10.2. The molecule has 0 amide bonds. The summed E-state index contributed by atoms with van der Waals surface area (Å²) in [6.45, 7) is 7.47. The van der Waals surface area contributed by atoms with Gasteiger partial charge in [0.15, 0.2) is 0 Å². The van der Waals surface area contributed by atoms with Gasteiger partial charge >= 0.3 is 0 Å². The third-order valence-corrected chi connectivity index (χ3v) is 2.34. The molecule has 1 rings (SSSR count). The van der Waals surface area contributed by atoms with Crippen molar-refractivity contribution >= 4 is 11.6 Å². The molecular formula is C11H20N4O. The minimum Gasteiger partial charge on any atom is -0.383 e. The molecule has 0 aromatic carbocycles. The number of nitrogen functional groups attached to an aromatic ring is 1. The summed E-state index contributed by atoms with van der Waals surface area (Å²) >= 11 is 0. The number of ether oxygens (including phenoxy) is 1. The van der Waals surface area contributed by atoms with Crippen LogP contribution in [-0.4, -0.2) is 29.2 Å². The Morgan fingerprint density at radius 2 is 2.19 bits per heavy atom. The quantitative estimate of drug-likeness (QED) is 0.765. The number of rotatable bonds is 6. The van der Waals surface area contributed by atoms with Gasteiger partial charge in [-0.05, 0) is 20.3 Å². The van der Waals surface area contributed by atoms with E-state index in [0.29, 0.717) is 5.82 Å². The van der Waals surface area contributed by atoms with Crippen LogP contribution in [0.3, 0.4) is 0 Å². The number of nitrogens with two attached hydrogens (primary N) is 1. The summed E-state index contributed by atoms with van der Waals surface area (Å²) in [5, 5.41) is 3.23. The zero-order chi connectivity index (χ0) is 12.0. The van der Waals surface area contributed by atoms with Gasteiger partial charge in [-0.25, -0.2) is 9.97 Å². The van der Waals surface area contributed by atoms with Gasteiger partial charge in [0.2, 0.25) is 0 Å². The Morgan fingerprint density at radius 1 is 1.44 bits per heavy atom. The number of hydrogen-bond donors (Lipinski definition) is 2. The molecule has 0 radical (unpaired) electrons. The molecule has 16 heavy (non-hydrogen) atoms. The van der Waals surface area contributed by atoms with E-state index in [1.54, 1.807) is 0 Å². The van der Waals surface area contributed by atoms with Crippen LogP contribution in [-0.2, 0) is 11.2 Å². The lowest BCUT2D eigenvalue weighted by atomic mass is 10.2. The average Bonchev–Trinajstić information content (AvgIpc) is 2.27. The summed E-state index contributed by atoms with van der Waals surface area (Å²) < 4.78 is 5.43. The summed E-state index contributed by atoms with van der Waals surface area (Å²) in [7, 11) is 0. The second kappa shape index (κ2) is 6.27. The Bertz CT molecular complexity index is 330. The van der Waals surface area contributed by atoms with Crippen molar-refractivity contribution in [1.82, 2.24) is 9.97 Å². The Morgan fingerprint density at radius 3 is 2.81 bits per heavy atom. The fourth-order valence-electron chi connectivity index (χ4n) is 1.51. The largest absolute Gasteiger partial charge is 0.383 e. The maximum absolute atomic E-state index is 5.77. The van der Waals surface area contributed by atoms with E-state index >= 15 is 0 Å². The van der Waals surface area contributed by atoms with Crippen LogP contribution in [0.4, 0.5) is 11.6 Å². The fraction of sp³-hybridized carbons (Fsp3) is 0.636. The first kappa shape index (κ1) is 12.7. The predicted molar refractivity (Wildman–Crippen MR) is 65.4 cm³/mol. The van der Waals surface area contributed by atoms with Crippen LogP contribution in [0.1, 0.15) is 26.3 Å². The minimum absolute atomic E-state index is 0.158. The topological polar surface area (TPSA) is 73.1 Å². The number of nitrogens with one attached hydrogen (secondary N) is 1. The van der Waals surface area contributed by atoms with Gasteiger partial charge < -0.3 is 15.8 Å². The molecule has 0 aliphatic rings. The van der Waals surface area contributed by atoms with Crippen molar-refractivity contribution in [2.24, 2.45) is 0 Å². The lowest BCUT2D eigenvalue weighted by Crippen LogP contribution is -2.21. The van der Waals surface area contributed by atoms with Gasteiger partial charge in [-0.2, -0.15) is 0 Å². The van der Waals surface area contributed by atoms with E-state index in [1.165, 1.54) is 6.33 Å². The van der Waals surface area contributed by atoms with Gasteiger partial charge in [-0.3, -0.25) is 0 Å². The maximum Gasteiger partial charge on any atom is 0.134 e. The molecule has 0 spiro atoms. The highest BCUT2D eigenvalue weighted by atomic mass is 16.5. The molecule has 5 heteroatoms. The average molecular weight is 224 g/mol. The molecule has 0 fully saturated rings. The van der Waals surface area contributed by atoms with Crippen molar-refractivity contribution in [2.75, 3.05) is 24.2 Å². The third-order valence-electron chi connectivity index (χ3n) is 2.34. The first-order valence-corrected chi connectivity index (χ1v) is 5.63. The van der Waals surface area contributed by atoms with Crippen molar-refractivity contribution in [1.29, 1.82) is 0 Å². The van der Waals surface area contributed by atoms with Crippen molar-refractivity contribution < 1.29 is 4.74 Å². The van der Waals surface area contributed by atoms with Crippen LogP contribution in [0.5, 0.6) is 0 Å². The van der Waals surface area contributed by atoms with Crippen LogP contribution >= 0.6 is 0 Å². The third kappa shape index (κ3) is 3.34. The summed E-state index contributed by atoms with van der Waals surface area (Å²) in [6.07, 6.45) is 2.45. The molecular weight excluding hydrogens is 204 g/mol. The second-order valence-electron chi connectivity index (χ2n) is 3.59. The highest BCUT2D eigenvalue weighted by molar-refractivity contribution is 5.54. The molecule has 1 aromatic heterocycles. The highest BCUT2D eigenvalue weighted by Gasteiger charge is 2.08. The summed E-state index contributed by atoms with van der Waals surface area (Å²) in [6, 6.07) is 0. The normalized spacial score (nSPS) is 12.4. The first-order chi connectivity index (χ1) is 7.69. The van der Waals surface area contributed by atoms with E-state index in [4.69, 9.17) is 10.5 Å². The van der Waals surface area contributed by atoms with Gasteiger partial charge in [0.05, 0.1) is 6.10 Å². The van der Waals surface area contributed by atoms with Crippen molar-refractivity contribution in [3.05, 3.63) is 11.9 Å². The molecule has 0 bridgehead atoms. The molecule has 0 aliphatic carbocycles. The van der Waals surface area contributed by atoms with Crippen molar-refractivity contribution in [3.63, 3.8) is 0 Å². The molecule has 1 atom stereocenters. The van der Waals surface area contributed by atoms with Gasteiger partial charge in [0.1, 0.15) is 18.0 Å². The Labute approximate surface area is 96.4 Å². The lowest BCUT2D eigenvalue weighted by molar-refractivity contribution is 0.0854. The summed E-state index contributed by atoms with van der Waals surface area (Å²) in [5.41, 5.74) is 6.74. The number of hydrogen-bond acceptors (Lipinski definition) is 5. The molecule has 1 aromatic rings. The lowest BCUT2D eigenvalue weighted by Gasteiger charge is -2.15. The Balaban J connectivity index is 2.63. The van der Waals surface area contributed by atoms with E-state index in [0.717, 1.165) is 31.0 Å². The van der Waals surface area contributed by atoms with Crippen LogP contribution in [0.25, 0.3) is 0 Å². The van der Waals surface area contributed by atoms with E-state index in [9.17, 15) is 0 Å². The number of aromatic nitrogens is 2.